The summed E-state index contributed by atoms with van der Waals surface area (Å²) >= 11 is 0. The van der Waals surface area contributed by atoms with E-state index in [1.54, 1.807) is 0 Å². The normalized spacial score (nSPS) is 37.8. The summed E-state index contributed by atoms with van der Waals surface area (Å²) in [6.07, 6.45) is 5.02. The van der Waals surface area contributed by atoms with Gasteiger partial charge in [-0.15, -0.1) is 0 Å². The Hall–Kier alpha value is -0.240. The molecule has 2 aliphatic rings. The molecule has 2 fully saturated rings. The Morgan fingerprint density at radius 3 is 1.88 bits per heavy atom. The summed E-state index contributed by atoms with van der Waals surface area (Å²) in [4.78, 5) is 0. The molecule has 6 nitrogen and oxygen atoms in total. The van der Waals surface area contributed by atoms with Gasteiger partial charge in [-0.05, 0) is 19.3 Å². The smallest absolute Gasteiger partial charge is 0.160 e. The zero-order valence-corrected chi connectivity index (χ0v) is 16.0. The number of ether oxygens (including phenoxy) is 4. The quantitative estimate of drug-likeness (QED) is 0.615. The van der Waals surface area contributed by atoms with Gasteiger partial charge >= 0.3 is 0 Å². The van der Waals surface area contributed by atoms with Crippen molar-refractivity contribution in [2.24, 2.45) is 16.7 Å². The minimum absolute atomic E-state index is 0.0941. The van der Waals surface area contributed by atoms with E-state index < -0.39 is 0 Å². The van der Waals surface area contributed by atoms with Crippen molar-refractivity contribution in [1.29, 1.82) is 0 Å². The maximum atomic E-state index is 9.33. The molecule has 2 saturated heterocycles. The van der Waals surface area contributed by atoms with Crippen LogP contribution < -0.4 is 0 Å². The Bertz CT molecular complexity index is 372. The van der Waals surface area contributed by atoms with Crippen molar-refractivity contribution < 1.29 is 29.2 Å². The topological polar surface area (TPSA) is 77.4 Å². The van der Waals surface area contributed by atoms with E-state index in [1.807, 2.05) is 13.8 Å². The first-order chi connectivity index (χ1) is 11.9. The monoisotopic (exact) mass is 360 g/mol. The first-order valence-electron chi connectivity index (χ1n) is 9.58. The second-order valence-corrected chi connectivity index (χ2v) is 8.59. The van der Waals surface area contributed by atoms with Crippen LogP contribution in [0.2, 0.25) is 0 Å². The van der Waals surface area contributed by atoms with Crippen LogP contribution in [0.25, 0.3) is 0 Å². The molecule has 0 aromatic carbocycles. The Morgan fingerprint density at radius 1 is 0.840 bits per heavy atom. The predicted octanol–water partition coefficient (Wildman–Crippen LogP) is 2.32. The highest BCUT2D eigenvalue weighted by atomic mass is 16.7. The first kappa shape index (κ1) is 21.1. The predicted molar refractivity (Wildman–Crippen MR) is 94.0 cm³/mol. The van der Waals surface area contributed by atoms with Crippen LogP contribution in [0.15, 0.2) is 0 Å². The molecule has 0 aromatic rings. The third-order valence-electron chi connectivity index (χ3n) is 5.25. The summed E-state index contributed by atoms with van der Waals surface area (Å²) < 4.78 is 23.0. The van der Waals surface area contributed by atoms with Crippen LogP contribution in [-0.4, -0.2) is 62.4 Å². The number of aliphatic hydroxyl groups excluding tert-OH is 2. The number of unbranched alkanes of at least 4 members (excludes halogenated alkanes) is 2. The van der Waals surface area contributed by atoms with E-state index in [-0.39, 0.29) is 36.6 Å². The van der Waals surface area contributed by atoms with Crippen LogP contribution in [0.4, 0.5) is 0 Å². The molecule has 0 amide bonds. The highest BCUT2D eigenvalue weighted by Crippen LogP contribution is 2.29. The van der Waals surface area contributed by atoms with Gasteiger partial charge in [-0.25, -0.2) is 0 Å². The zero-order valence-electron chi connectivity index (χ0n) is 16.0. The molecule has 0 aliphatic carbocycles. The van der Waals surface area contributed by atoms with Crippen molar-refractivity contribution in [2.45, 2.75) is 65.5 Å². The lowest BCUT2D eigenvalue weighted by Gasteiger charge is -2.38. The molecule has 0 radical (unpaired) electrons. The number of hydrogen-bond acceptors (Lipinski definition) is 6. The average molecular weight is 360 g/mol. The average Bonchev–Trinajstić information content (AvgIpc) is 2.63. The van der Waals surface area contributed by atoms with Crippen LogP contribution in [0, 0.1) is 16.7 Å². The standard InChI is InChI=1S/C19H36O6/c1-15(17-24-13-19(3,10-21)14-25-17)7-5-4-6-8-16-22-11-18(2,9-20)12-23-16/h15-17,20-21H,4-14H2,1-3H3. The second kappa shape index (κ2) is 9.62. The summed E-state index contributed by atoms with van der Waals surface area (Å²) in [6, 6.07) is 0. The molecule has 0 saturated carbocycles. The zero-order chi connectivity index (χ0) is 18.3. The fourth-order valence-corrected chi connectivity index (χ4v) is 3.10. The molecule has 2 N–H and O–H groups in total. The number of rotatable bonds is 9. The van der Waals surface area contributed by atoms with E-state index in [1.165, 1.54) is 0 Å². The van der Waals surface area contributed by atoms with Crippen LogP contribution in [0.1, 0.15) is 52.9 Å². The van der Waals surface area contributed by atoms with Gasteiger partial charge in [-0.1, -0.05) is 33.6 Å². The van der Waals surface area contributed by atoms with Crippen LogP contribution in [-0.2, 0) is 18.9 Å². The van der Waals surface area contributed by atoms with Gasteiger partial charge in [0.25, 0.3) is 0 Å². The van der Waals surface area contributed by atoms with Crippen LogP contribution in [0.3, 0.4) is 0 Å². The minimum Gasteiger partial charge on any atom is -0.396 e. The van der Waals surface area contributed by atoms with E-state index in [0.717, 1.165) is 32.1 Å². The molecule has 0 spiro atoms. The third-order valence-corrected chi connectivity index (χ3v) is 5.25. The van der Waals surface area contributed by atoms with Gasteiger partial charge in [0.2, 0.25) is 0 Å². The minimum atomic E-state index is -0.262. The van der Waals surface area contributed by atoms with Crippen LogP contribution >= 0.6 is 0 Å². The van der Waals surface area contributed by atoms with E-state index >= 15 is 0 Å². The van der Waals surface area contributed by atoms with Gasteiger partial charge in [0.15, 0.2) is 12.6 Å². The van der Waals surface area contributed by atoms with Crippen LogP contribution in [0.5, 0.6) is 0 Å². The maximum Gasteiger partial charge on any atom is 0.160 e. The highest BCUT2D eigenvalue weighted by molar-refractivity contribution is 4.77. The molecule has 6 heteroatoms. The maximum absolute atomic E-state index is 9.33. The van der Waals surface area contributed by atoms with Crippen molar-refractivity contribution in [3.8, 4) is 0 Å². The SMILES string of the molecule is CC(CCCCCC1OCC(C)(CO)CO1)C1OCC(C)(CO)CO1. The van der Waals surface area contributed by atoms with Crippen molar-refractivity contribution >= 4 is 0 Å². The van der Waals surface area contributed by atoms with Crippen molar-refractivity contribution in [3.05, 3.63) is 0 Å². The molecular weight excluding hydrogens is 324 g/mol. The Morgan fingerprint density at radius 2 is 1.36 bits per heavy atom. The van der Waals surface area contributed by atoms with Gasteiger partial charge in [-0.2, -0.15) is 0 Å². The molecule has 1 atom stereocenters. The first-order valence-corrected chi connectivity index (χ1v) is 9.58. The molecular formula is C19H36O6. The molecule has 25 heavy (non-hydrogen) atoms. The fraction of sp³-hybridized carbons (Fsp3) is 1.00. The Labute approximate surface area is 151 Å². The lowest BCUT2D eigenvalue weighted by Crippen LogP contribution is -2.44. The summed E-state index contributed by atoms with van der Waals surface area (Å²) in [5, 5.41) is 18.6. The van der Waals surface area contributed by atoms with E-state index in [9.17, 15) is 10.2 Å². The molecule has 1 unspecified atom stereocenters. The molecule has 2 rings (SSSR count). The lowest BCUT2D eigenvalue weighted by molar-refractivity contribution is -0.250. The molecule has 2 aliphatic heterocycles. The van der Waals surface area contributed by atoms with Crippen molar-refractivity contribution in [3.63, 3.8) is 0 Å². The van der Waals surface area contributed by atoms with Crippen molar-refractivity contribution in [2.75, 3.05) is 39.6 Å². The van der Waals surface area contributed by atoms with Gasteiger partial charge in [0, 0.05) is 16.7 Å². The molecule has 2 heterocycles. The van der Waals surface area contributed by atoms with E-state index in [2.05, 4.69) is 6.92 Å². The van der Waals surface area contributed by atoms with Gasteiger partial charge in [-0.3, -0.25) is 0 Å². The second-order valence-electron chi connectivity index (χ2n) is 8.59. The van der Waals surface area contributed by atoms with Gasteiger partial charge in [0.1, 0.15) is 0 Å². The summed E-state index contributed by atoms with van der Waals surface area (Å²) in [5.41, 5.74) is -0.514. The summed E-state index contributed by atoms with van der Waals surface area (Å²) in [7, 11) is 0. The van der Waals surface area contributed by atoms with E-state index in [4.69, 9.17) is 18.9 Å². The Balaban J connectivity index is 1.52. The summed E-state index contributed by atoms with van der Waals surface area (Å²) in [5.74, 6) is 0.357. The number of aliphatic hydroxyl groups is 2. The number of hydrogen-bond donors (Lipinski definition) is 2. The lowest BCUT2D eigenvalue weighted by atomic mass is 9.92. The Kier molecular flexibility index (Phi) is 8.11. The third kappa shape index (κ3) is 6.45. The van der Waals surface area contributed by atoms with Crippen molar-refractivity contribution in [1.82, 2.24) is 0 Å². The molecule has 0 bridgehead atoms. The highest BCUT2D eigenvalue weighted by Gasteiger charge is 2.34. The van der Waals surface area contributed by atoms with Gasteiger partial charge < -0.3 is 29.2 Å². The fourth-order valence-electron chi connectivity index (χ4n) is 3.10. The van der Waals surface area contributed by atoms with E-state index in [0.29, 0.717) is 32.3 Å². The largest absolute Gasteiger partial charge is 0.396 e. The van der Waals surface area contributed by atoms with Gasteiger partial charge in [0.05, 0.1) is 39.6 Å². The molecule has 0 aromatic heterocycles. The molecule has 148 valence electrons. The summed E-state index contributed by atoms with van der Waals surface area (Å²) in [6.45, 7) is 8.55.